The van der Waals surface area contributed by atoms with Crippen LogP contribution in [-0.4, -0.2) is 25.9 Å². The fourth-order valence-corrected chi connectivity index (χ4v) is 0.905. The van der Waals surface area contributed by atoms with E-state index in [0.29, 0.717) is 13.2 Å². The number of nitrogens with zero attached hydrogens (tertiary/aromatic N) is 1. The molecule has 15 heavy (non-hydrogen) atoms. The van der Waals surface area contributed by atoms with E-state index in [2.05, 4.69) is 6.07 Å². The summed E-state index contributed by atoms with van der Waals surface area (Å²) in [5.74, 6) is 0. The highest BCUT2D eigenvalue weighted by Crippen LogP contribution is 2.18. The molecule has 3 heteroatoms. The fourth-order valence-electron chi connectivity index (χ4n) is 0.905. The first kappa shape index (κ1) is 14.4. The van der Waals surface area contributed by atoms with Crippen molar-refractivity contribution in [2.75, 3.05) is 20.3 Å². The molecule has 0 fully saturated rings. The zero-order valence-electron chi connectivity index (χ0n) is 10.6. The average molecular weight is 213 g/mol. The number of hydrogen-bond acceptors (Lipinski definition) is 3. The molecule has 3 nitrogen and oxygen atoms in total. The minimum absolute atomic E-state index is 0.120. The molecule has 0 saturated carbocycles. The molecule has 0 radical (unpaired) electrons. The van der Waals surface area contributed by atoms with Gasteiger partial charge in [0, 0.05) is 20.3 Å². The molecule has 0 spiro atoms. The Morgan fingerprint density at radius 1 is 1.07 bits per heavy atom. The van der Waals surface area contributed by atoms with Crippen LogP contribution in [0.2, 0.25) is 0 Å². The van der Waals surface area contributed by atoms with Crippen LogP contribution in [0.1, 0.15) is 40.5 Å². The summed E-state index contributed by atoms with van der Waals surface area (Å²) in [4.78, 5) is 0. The standard InChI is InChI=1S/C12H23NO2/c1-11(2,10-13)6-8-15-9-7-12(3,4)14-5/h6-9H2,1-5H3. The van der Waals surface area contributed by atoms with E-state index in [1.807, 2.05) is 27.7 Å². The average Bonchev–Trinajstić information content (AvgIpc) is 2.17. The highest BCUT2D eigenvalue weighted by molar-refractivity contribution is 4.91. The van der Waals surface area contributed by atoms with Crippen LogP contribution in [-0.2, 0) is 9.47 Å². The van der Waals surface area contributed by atoms with Gasteiger partial charge in [-0.2, -0.15) is 5.26 Å². The molecule has 0 atom stereocenters. The van der Waals surface area contributed by atoms with Crippen molar-refractivity contribution in [3.05, 3.63) is 0 Å². The maximum atomic E-state index is 8.79. The van der Waals surface area contributed by atoms with E-state index in [-0.39, 0.29) is 11.0 Å². The molecule has 88 valence electrons. The molecule has 0 rings (SSSR count). The van der Waals surface area contributed by atoms with Gasteiger partial charge in [0.2, 0.25) is 0 Å². The molecule has 0 amide bonds. The SMILES string of the molecule is COC(C)(C)CCOCCC(C)(C)C#N. The number of ether oxygens (including phenoxy) is 2. The molecule has 0 aromatic rings. The van der Waals surface area contributed by atoms with Crippen molar-refractivity contribution >= 4 is 0 Å². The third-order valence-electron chi connectivity index (χ3n) is 2.58. The van der Waals surface area contributed by atoms with Gasteiger partial charge in [-0.15, -0.1) is 0 Å². The maximum Gasteiger partial charge on any atom is 0.0684 e. The summed E-state index contributed by atoms with van der Waals surface area (Å²) < 4.78 is 10.8. The third kappa shape index (κ3) is 7.35. The first-order chi connectivity index (χ1) is 6.83. The first-order valence-electron chi connectivity index (χ1n) is 5.37. The second kappa shape index (κ2) is 6.09. The summed E-state index contributed by atoms with van der Waals surface area (Å²) in [5, 5.41) is 8.79. The zero-order chi connectivity index (χ0) is 11.9. The Kier molecular flexibility index (Phi) is 5.85. The van der Waals surface area contributed by atoms with Crippen LogP contribution < -0.4 is 0 Å². The topological polar surface area (TPSA) is 42.2 Å². The van der Waals surface area contributed by atoms with Crippen molar-refractivity contribution < 1.29 is 9.47 Å². The maximum absolute atomic E-state index is 8.79. The number of methoxy groups -OCH3 is 1. The van der Waals surface area contributed by atoms with Gasteiger partial charge in [-0.1, -0.05) is 0 Å². The van der Waals surface area contributed by atoms with Crippen LogP contribution in [0.5, 0.6) is 0 Å². The van der Waals surface area contributed by atoms with Gasteiger partial charge in [0.15, 0.2) is 0 Å². The number of rotatable bonds is 7. The van der Waals surface area contributed by atoms with Crippen LogP contribution in [0.25, 0.3) is 0 Å². The Morgan fingerprint density at radius 3 is 2.07 bits per heavy atom. The summed E-state index contributed by atoms with van der Waals surface area (Å²) in [6.45, 7) is 9.25. The van der Waals surface area contributed by atoms with Crippen LogP contribution in [0, 0.1) is 16.7 Å². The molecular weight excluding hydrogens is 190 g/mol. The van der Waals surface area contributed by atoms with E-state index in [4.69, 9.17) is 14.7 Å². The minimum atomic E-state index is -0.281. The molecule has 0 heterocycles. The van der Waals surface area contributed by atoms with Crippen LogP contribution in [0.3, 0.4) is 0 Å². The normalized spacial score (nSPS) is 12.5. The van der Waals surface area contributed by atoms with Gasteiger partial charge in [-0.3, -0.25) is 0 Å². The monoisotopic (exact) mass is 213 g/mol. The molecule has 0 aliphatic carbocycles. The summed E-state index contributed by atoms with van der Waals surface area (Å²) in [6, 6.07) is 2.25. The zero-order valence-corrected chi connectivity index (χ0v) is 10.6. The molecule has 0 bridgehead atoms. The van der Waals surface area contributed by atoms with Gasteiger partial charge < -0.3 is 9.47 Å². The third-order valence-corrected chi connectivity index (χ3v) is 2.58. The van der Waals surface area contributed by atoms with Crippen molar-refractivity contribution in [2.24, 2.45) is 5.41 Å². The molecule has 0 aromatic carbocycles. The largest absolute Gasteiger partial charge is 0.381 e. The van der Waals surface area contributed by atoms with Crippen molar-refractivity contribution in [1.29, 1.82) is 5.26 Å². The van der Waals surface area contributed by atoms with Gasteiger partial charge in [0.25, 0.3) is 0 Å². The molecule has 0 saturated heterocycles. The predicted molar refractivity (Wildman–Crippen MR) is 60.5 cm³/mol. The van der Waals surface area contributed by atoms with E-state index in [0.717, 1.165) is 12.8 Å². The lowest BCUT2D eigenvalue weighted by Gasteiger charge is -2.23. The molecule has 0 aliphatic heterocycles. The van der Waals surface area contributed by atoms with Crippen molar-refractivity contribution in [3.63, 3.8) is 0 Å². The summed E-state index contributed by atoms with van der Waals surface area (Å²) in [5.41, 5.74) is -0.401. The lowest BCUT2D eigenvalue weighted by atomic mass is 9.92. The number of nitriles is 1. The van der Waals surface area contributed by atoms with Gasteiger partial charge in [-0.25, -0.2) is 0 Å². The second-order valence-electron chi connectivity index (χ2n) is 5.07. The summed E-state index contributed by atoms with van der Waals surface area (Å²) in [7, 11) is 1.71. The second-order valence-corrected chi connectivity index (χ2v) is 5.07. The highest BCUT2D eigenvalue weighted by atomic mass is 16.5. The van der Waals surface area contributed by atoms with Gasteiger partial charge in [0.05, 0.1) is 17.1 Å². The van der Waals surface area contributed by atoms with Crippen LogP contribution in [0.4, 0.5) is 0 Å². The van der Waals surface area contributed by atoms with Crippen LogP contribution in [0.15, 0.2) is 0 Å². The van der Waals surface area contributed by atoms with E-state index < -0.39 is 0 Å². The summed E-state index contributed by atoms with van der Waals surface area (Å²) in [6.07, 6.45) is 1.65. The van der Waals surface area contributed by atoms with Crippen LogP contribution >= 0.6 is 0 Å². The van der Waals surface area contributed by atoms with E-state index in [9.17, 15) is 0 Å². The molecular formula is C12H23NO2. The predicted octanol–water partition coefficient (Wildman–Crippen LogP) is 2.76. The lowest BCUT2D eigenvalue weighted by Crippen LogP contribution is -2.24. The van der Waals surface area contributed by atoms with Crippen molar-refractivity contribution in [1.82, 2.24) is 0 Å². The molecule has 0 aromatic heterocycles. The van der Waals surface area contributed by atoms with Crippen molar-refractivity contribution in [3.8, 4) is 6.07 Å². The molecule has 0 unspecified atom stereocenters. The highest BCUT2D eigenvalue weighted by Gasteiger charge is 2.18. The Balaban J connectivity index is 3.54. The Hall–Kier alpha value is -0.590. The molecule has 0 N–H and O–H groups in total. The Bertz CT molecular complexity index is 216. The number of hydrogen-bond donors (Lipinski definition) is 0. The van der Waals surface area contributed by atoms with E-state index in [1.165, 1.54) is 0 Å². The fraction of sp³-hybridized carbons (Fsp3) is 0.917. The lowest BCUT2D eigenvalue weighted by molar-refractivity contribution is -0.0116. The van der Waals surface area contributed by atoms with Gasteiger partial charge in [0.1, 0.15) is 0 Å². The minimum Gasteiger partial charge on any atom is -0.381 e. The quantitative estimate of drug-likeness (QED) is 0.611. The summed E-state index contributed by atoms with van der Waals surface area (Å²) >= 11 is 0. The Labute approximate surface area is 93.4 Å². The van der Waals surface area contributed by atoms with E-state index >= 15 is 0 Å². The smallest absolute Gasteiger partial charge is 0.0684 e. The van der Waals surface area contributed by atoms with Gasteiger partial charge >= 0.3 is 0 Å². The molecule has 0 aliphatic rings. The Morgan fingerprint density at radius 2 is 1.60 bits per heavy atom. The van der Waals surface area contributed by atoms with Crippen molar-refractivity contribution in [2.45, 2.75) is 46.1 Å². The van der Waals surface area contributed by atoms with Gasteiger partial charge in [-0.05, 0) is 40.5 Å². The first-order valence-corrected chi connectivity index (χ1v) is 5.37. The van der Waals surface area contributed by atoms with E-state index in [1.54, 1.807) is 7.11 Å².